The number of benzene rings is 1. The van der Waals surface area contributed by atoms with E-state index in [1.54, 1.807) is 25.1 Å². The van der Waals surface area contributed by atoms with Crippen molar-refractivity contribution in [2.45, 2.75) is 36.6 Å². The van der Waals surface area contributed by atoms with E-state index in [0.717, 1.165) is 6.42 Å². The fourth-order valence-electron chi connectivity index (χ4n) is 3.89. The summed E-state index contributed by atoms with van der Waals surface area (Å²) in [4.78, 5) is 24.4. The number of nitrogens with zero attached hydrogens (tertiary/aromatic N) is 4. The van der Waals surface area contributed by atoms with E-state index in [1.165, 1.54) is 30.3 Å². The minimum absolute atomic E-state index is 0.123. The third-order valence-electron chi connectivity index (χ3n) is 5.67. The lowest BCUT2D eigenvalue weighted by Crippen LogP contribution is -2.55. The first-order valence-corrected chi connectivity index (χ1v) is 11.2. The number of anilines is 2. The molecule has 2 heterocycles. The van der Waals surface area contributed by atoms with Crippen molar-refractivity contribution in [3.05, 3.63) is 53.5 Å². The van der Waals surface area contributed by atoms with Crippen LogP contribution in [-0.4, -0.2) is 37.0 Å². The number of hydrogen-bond donors (Lipinski definition) is 1. The van der Waals surface area contributed by atoms with Crippen molar-refractivity contribution in [3.8, 4) is 0 Å². The lowest BCUT2D eigenvalue weighted by atomic mass is 9.75. The molecule has 2 aromatic rings. The summed E-state index contributed by atoms with van der Waals surface area (Å²) in [5.41, 5.74) is 1.08. The molecule has 0 atom stereocenters. The zero-order chi connectivity index (χ0) is 21.7. The highest BCUT2D eigenvalue weighted by Gasteiger charge is 2.59. The topological polar surface area (TPSA) is 87.0 Å². The number of pyridine rings is 1. The van der Waals surface area contributed by atoms with Crippen LogP contribution < -0.4 is 14.5 Å². The first-order valence-electron chi connectivity index (χ1n) is 9.31. The minimum atomic E-state index is -3.56. The second-order valence-corrected chi connectivity index (χ2v) is 9.54. The van der Waals surface area contributed by atoms with Crippen LogP contribution >= 0.6 is 12.2 Å². The number of amides is 1. The number of carbonyl (C=O) groups excluding carboxylic acids is 1. The van der Waals surface area contributed by atoms with Crippen LogP contribution in [-0.2, 0) is 14.8 Å². The Hall–Kier alpha value is -2.87. The number of rotatable bonds is 4. The van der Waals surface area contributed by atoms with E-state index in [0.29, 0.717) is 34.9 Å². The molecule has 10 heteroatoms. The number of nitrogens with one attached hydrogen (secondary N) is 1. The quantitative estimate of drug-likeness (QED) is 0.580. The molecule has 2 aliphatic rings. The maximum absolute atomic E-state index is 13.4. The summed E-state index contributed by atoms with van der Waals surface area (Å²) >= 11 is 5.70. The molecule has 1 N–H and O–H groups in total. The Morgan fingerprint density at radius 3 is 2.40 bits per heavy atom. The van der Waals surface area contributed by atoms with E-state index in [1.807, 2.05) is 4.90 Å². The average Bonchev–Trinajstić information content (AvgIpc) is 2.95. The van der Waals surface area contributed by atoms with Crippen LogP contribution in [0.25, 0.3) is 4.85 Å². The monoisotopic (exact) mass is 441 g/mol. The molecule has 1 aromatic heterocycles. The third kappa shape index (κ3) is 2.89. The lowest BCUT2D eigenvalue weighted by Gasteiger charge is -2.43. The number of hydrogen-bond acceptors (Lipinski definition) is 5. The SMILES string of the molecule is [C-]#[N+]c1ncc(N2C(=O)C3(CCC3)N(c3ccc(S(=O)(=O)NC)cc3)C2=S)cc1C. The van der Waals surface area contributed by atoms with Crippen LogP contribution in [0.4, 0.5) is 17.2 Å². The van der Waals surface area contributed by atoms with Crippen molar-refractivity contribution in [3.63, 3.8) is 0 Å². The van der Waals surface area contributed by atoms with Gasteiger partial charge in [0.05, 0.1) is 10.6 Å². The maximum Gasteiger partial charge on any atom is 0.272 e. The minimum Gasteiger partial charge on any atom is -0.360 e. The first kappa shape index (κ1) is 20.4. The number of sulfonamides is 1. The van der Waals surface area contributed by atoms with Gasteiger partial charge in [-0.05, 0) is 81.3 Å². The van der Waals surface area contributed by atoms with Crippen LogP contribution in [0.5, 0.6) is 0 Å². The van der Waals surface area contributed by atoms with Crippen molar-refractivity contribution in [2.75, 3.05) is 16.8 Å². The van der Waals surface area contributed by atoms with Crippen molar-refractivity contribution < 1.29 is 13.2 Å². The molecule has 0 bridgehead atoms. The van der Waals surface area contributed by atoms with E-state index >= 15 is 0 Å². The number of aryl methyl sites for hydroxylation is 1. The molecule has 1 spiro atoms. The fourth-order valence-corrected chi connectivity index (χ4v) is 5.09. The third-order valence-corrected chi connectivity index (χ3v) is 7.46. The summed E-state index contributed by atoms with van der Waals surface area (Å²) < 4.78 is 26.3. The van der Waals surface area contributed by atoms with Crippen molar-refractivity contribution >= 4 is 50.5 Å². The van der Waals surface area contributed by atoms with Crippen LogP contribution in [0.1, 0.15) is 24.8 Å². The Labute approximate surface area is 180 Å². The van der Waals surface area contributed by atoms with Gasteiger partial charge in [0.25, 0.3) is 11.7 Å². The van der Waals surface area contributed by atoms with Crippen molar-refractivity contribution in [2.24, 2.45) is 0 Å². The van der Waals surface area contributed by atoms with Crippen LogP contribution in [0.2, 0.25) is 0 Å². The highest BCUT2D eigenvalue weighted by Crippen LogP contribution is 2.48. The number of thiocarbonyl (C=S) groups is 1. The van der Waals surface area contributed by atoms with Crippen LogP contribution in [0.3, 0.4) is 0 Å². The standard InChI is InChI=1S/C20H19N5O3S2/c1-13-11-15(12-23-17(13)21-2)24-18(26)20(9-4-10-20)25(19(24)29)14-5-7-16(8-6-14)30(27,28)22-3/h5-8,11-12,22H,4,9-10H2,1,3H3. The molecule has 1 saturated heterocycles. The Morgan fingerprint density at radius 1 is 1.23 bits per heavy atom. The molecule has 8 nitrogen and oxygen atoms in total. The summed E-state index contributed by atoms with van der Waals surface area (Å²) in [5.74, 6) is 0.162. The normalized spacial score (nSPS) is 17.9. The Morgan fingerprint density at radius 2 is 1.90 bits per heavy atom. The molecule has 1 aliphatic heterocycles. The van der Waals surface area contributed by atoms with Gasteiger partial charge in [-0.25, -0.2) is 13.1 Å². The van der Waals surface area contributed by atoms with Crippen LogP contribution in [0.15, 0.2) is 41.4 Å². The highest BCUT2D eigenvalue weighted by atomic mass is 32.2. The molecule has 1 saturated carbocycles. The molecule has 30 heavy (non-hydrogen) atoms. The number of carbonyl (C=O) groups is 1. The fraction of sp³-hybridized carbons (Fsp3) is 0.300. The van der Waals surface area contributed by atoms with Gasteiger partial charge < -0.3 is 9.74 Å². The van der Waals surface area contributed by atoms with Crippen molar-refractivity contribution in [1.29, 1.82) is 0 Å². The second-order valence-electron chi connectivity index (χ2n) is 7.29. The zero-order valence-corrected chi connectivity index (χ0v) is 18.0. The lowest BCUT2D eigenvalue weighted by molar-refractivity contribution is -0.123. The molecule has 154 valence electrons. The Balaban J connectivity index is 1.76. The predicted molar refractivity (Wildman–Crippen MR) is 117 cm³/mol. The maximum atomic E-state index is 13.4. The van der Waals surface area contributed by atoms with E-state index in [4.69, 9.17) is 18.8 Å². The highest BCUT2D eigenvalue weighted by molar-refractivity contribution is 7.89. The molecule has 0 radical (unpaired) electrons. The van der Waals surface area contributed by atoms with Gasteiger partial charge >= 0.3 is 0 Å². The summed E-state index contributed by atoms with van der Waals surface area (Å²) in [5, 5.41) is 0.320. The van der Waals surface area contributed by atoms with Gasteiger partial charge in [0, 0.05) is 5.69 Å². The molecule has 0 unspecified atom stereocenters. The van der Waals surface area contributed by atoms with E-state index in [9.17, 15) is 13.2 Å². The van der Waals surface area contributed by atoms with Gasteiger partial charge in [-0.3, -0.25) is 9.69 Å². The van der Waals surface area contributed by atoms with Crippen LogP contribution in [0, 0.1) is 13.5 Å². The summed E-state index contributed by atoms with van der Waals surface area (Å²) in [6.07, 6.45) is 3.71. The zero-order valence-electron chi connectivity index (χ0n) is 16.4. The summed E-state index contributed by atoms with van der Waals surface area (Å²) in [7, 11) is -2.20. The smallest absolute Gasteiger partial charge is 0.272 e. The predicted octanol–water partition coefficient (Wildman–Crippen LogP) is 2.91. The average molecular weight is 442 g/mol. The largest absolute Gasteiger partial charge is 0.360 e. The van der Waals surface area contributed by atoms with Gasteiger partial charge in [-0.1, -0.05) is 6.57 Å². The van der Waals surface area contributed by atoms with Gasteiger partial charge in [0.15, 0.2) is 5.11 Å². The van der Waals surface area contributed by atoms with Gasteiger partial charge in [0.2, 0.25) is 10.0 Å². The molecule has 1 aliphatic carbocycles. The van der Waals surface area contributed by atoms with E-state index < -0.39 is 15.6 Å². The Kier molecular flexibility index (Phi) is 4.85. The summed E-state index contributed by atoms with van der Waals surface area (Å²) in [6.45, 7) is 8.94. The van der Waals surface area contributed by atoms with E-state index in [-0.39, 0.29) is 16.6 Å². The number of aromatic nitrogens is 1. The van der Waals surface area contributed by atoms with Gasteiger partial charge in [-0.15, -0.1) is 4.98 Å². The second kappa shape index (κ2) is 7.12. The molecular weight excluding hydrogens is 422 g/mol. The molecule has 2 fully saturated rings. The van der Waals surface area contributed by atoms with E-state index in [2.05, 4.69) is 14.6 Å². The molecular formula is C20H19N5O3S2. The Bertz CT molecular complexity index is 1200. The molecule has 4 rings (SSSR count). The molecule has 1 amide bonds. The van der Waals surface area contributed by atoms with Gasteiger partial charge in [-0.2, -0.15) is 0 Å². The van der Waals surface area contributed by atoms with Gasteiger partial charge in [0.1, 0.15) is 11.7 Å². The molecule has 1 aromatic carbocycles. The first-order chi connectivity index (χ1) is 14.2. The van der Waals surface area contributed by atoms with Crippen molar-refractivity contribution in [1.82, 2.24) is 9.71 Å². The summed E-state index contributed by atoms with van der Waals surface area (Å²) in [6, 6.07) is 8.07.